The average molecular weight is 466 g/mol. The second-order valence-electron chi connectivity index (χ2n) is 8.20. The van der Waals surface area contributed by atoms with Crippen LogP contribution in [0.3, 0.4) is 0 Å². The molecular weight excluding hydrogens is 438 g/mol. The topological polar surface area (TPSA) is 80.6 Å². The number of fused-ring (bicyclic) bond motifs is 1. The third-order valence-corrected chi connectivity index (χ3v) is 6.71. The van der Waals surface area contributed by atoms with Crippen molar-refractivity contribution in [2.24, 2.45) is 0 Å². The first kappa shape index (κ1) is 22.8. The van der Waals surface area contributed by atoms with Gasteiger partial charge in [0, 0.05) is 49.9 Å². The maximum Gasteiger partial charge on any atom is 0.257 e. The van der Waals surface area contributed by atoms with Gasteiger partial charge in [-0.2, -0.15) is 11.3 Å². The standard InChI is InChI=1S/C25H27N3O4S/c1-16-4-5-19(17(2)12-16)25(31)27-8-6-20-23(24(30)26-14-18-7-11-33-15-18)21(32-3)13-22(29)28(20)10-9-27/h4-5,7,11-13,15H,6,8-10,14H2,1-3H3,(H,26,30). The van der Waals surface area contributed by atoms with E-state index in [2.05, 4.69) is 5.32 Å². The van der Waals surface area contributed by atoms with E-state index in [0.29, 0.717) is 49.4 Å². The van der Waals surface area contributed by atoms with Gasteiger partial charge in [-0.3, -0.25) is 14.4 Å². The Labute approximate surface area is 196 Å². The molecule has 0 atom stereocenters. The van der Waals surface area contributed by atoms with Crippen LogP contribution >= 0.6 is 11.3 Å². The van der Waals surface area contributed by atoms with Crippen LogP contribution in [-0.4, -0.2) is 41.5 Å². The number of nitrogens with one attached hydrogen (secondary N) is 1. The van der Waals surface area contributed by atoms with Crippen molar-refractivity contribution in [1.82, 2.24) is 14.8 Å². The molecule has 7 nitrogen and oxygen atoms in total. The van der Waals surface area contributed by atoms with E-state index in [1.165, 1.54) is 13.2 Å². The van der Waals surface area contributed by atoms with Crippen molar-refractivity contribution < 1.29 is 14.3 Å². The average Bonchev–Trinajstić information content (AvgIpc) is 3.21. The number of hydrogen-bond acceptors (Lipinski definition) is 5. The molecule has 0 saturated carbocycles. The van der Waals surface area contributed by atoms with E-state index < -0.39 is 0 Å². The summed E-state index contributed by atoms with van der Waals surface area (Å²) in [5, 5.41) is 6.86. The first-order chi connectivity index (χ1) is 15.9. The second-order valence-corrected chi connectivity index (χ2v) is 8.98. The third-order valence-electron chi connectivity index (χ3n) is 5.97. The summed E-state index contributed by atoms with van der Waals surface area (Å²) in [5.74, 6) is -0.108. The van der Waals surface area contributed by atoms with Crippen LogP contribution < -0.4 is 15.6 Å². The first-order valence-corrected chi connectivity index (χ1v) is 11.8. The Morgan fingerprint density at radius 2 is 1.94 bits per heavy atom. The number of thiophene rings is 1. The molecule has 2 amide bonds. The number of rotatable bonds is 5. The first-order valence-electron chi connectivity index (χ1n) is 10.9. The summed E-state index contributed by atoms with van der Waals surface area (Å²) in [4.78, 5) is 40.9. The summed E-state index contributed by atoms with van der Waals surface area (Å²) >= 11 is 1.57. The van der Waals surface area contributed by atoms with Crippen molar-refractivity contribution >= 4 is 23.2 Å². The number of carbonyl (C=O) groups is 2. The van der Waals surface area contributed by atoms with Crippen LogP contribution in [0, 0.1) is 13.8 Å². The Balaban J connectivity index is 1.62. The van der Waals surface area contributed by atoms with Crippen LogP contribution in [0.4, 0.5) is 0 Å². The van der Waals surface area contributed by atoms with Crippen LogP contribution in [0.15, 0.2) is 45.9 Å². The highest BCUT2D eigenvalue weighted by Crippen LogP contribution is 2.24. The van der Waals surface area contributed by atoms with Gasteiger partial charge in [0.25, 0.3) is 17.4 Å². The number of aromatic nitrogens is 1. The van der Waals surface area contributed by atoms with Gasteiger partial charge in [0.2, 0.25) is 0 Å². The monoisotopic (exact) mass is 465 g/mol. The van der Waals surface area contributed by atoms with Gasteiger partial charge in [-0.25, -0.2) is 0 Å². The number of benzene rings is 1. The summed E-state index contributed by atoms with van der Waals surface area (Å²) in [6.07, 6.45) is 0.379. The van der Waals surface area contributed by atoms with E-state index in [0.717, 1.165) is 16.7 Å². The molecule has 0 unspecified atom stereocenters. The minimum absolute atomic E-state index is 0.0659. The Morgan fingerprint density at radius 3 is 2.64 bits per heavy atom. The summed E-state index contributed by atoms with van der Waals surface area (Å²) in [6, 6.07) is 9.08. The smallest absolute Gasteiger partial charge is 0.257 e. The van der Waals surface area contributed by atoms with Crippen LogP contribution in [0.1, 0.15) is 43.1 Å². The molecular formula is C25H27N3O4S. The van der Waals surface area contributed by atoms with Gasteiger partial charge < -0.3 is 19.5 Å². The molecule has 3 heterocycles. The van der Waals surface area contributed by atoms with Crippen molar-refractivity contribution in [2.45, 2.75) is 33.4 Å². The predicted molar refractivity (Wildman–Crippen MR) is 128 cm³/mol. The Kier molecular flexibility index (Phi) is 6.65. The summed E-state index contributed by atoms with van der Waals surface area (Å²) in [7, 11) is 1.45. The highest BCUT2D eigenvalue weighted by molar-refractivity contribution is 7.07. The highest BCUT2D eigenvalue weighted by Gasteiger charge is 2.27. The van der Waals surface area contributed by atoms with E-state index in [1.807, 2.05) is 48.9 Å². The molecule has 0 spiro atoms. The molecule has 2 aromatic heterocycles. The molecule has 33 heavy (non-hydrogen) atoms. The summed E-state index contributed by atoms with van der Waals surface area (Å²) in [6.45, 7) is 5.43. The lowest BCUT2D eigenvalue weighted by Crippen LogP contribution is -2.34. The number of amides is 2. The second kappa shape index (κ2) is 9.62. The number of nitrogens with zero attached hydrogens (tertiary/aromatic N) is 2. The predicted octanol–water partition coefficient (Wildman–Crippen LogP) is 3.16. The number of methoxy groups -OCH3 is 1. The van der Waals surface area contributed by atoms with Gasteiger partial charge in [-0.15, -0.1) is 0 Å². The van der Waals surface area contributed by atoms with Crippen molar-refractivity contribution in [1.29, 1.82) is 0 Å². The SMILES string of the molecule is COc1cc(=O)n2c(c1C(=O)NCc1ccsc1)CCN(C(=O)c1ccc(C)cc1C)CC2. The molecule has 8 heteroatoms. The molecule has 0 radical (unpaired) electrons. The van der Waals surface area contributed by atoms with Crippen LogP contribution in [0.25, 0.3) is 0 Å². The largest absolute Gasteiger partial charge is 0.496 e. The van der Waals surface area contributed by atoms with E-state index in [4.69, 9.17) is 4.74 Å². The number of hydrogen-bond donors (Lipinski definition) is 1. The lowest BCUT2D eigenvalue weighted by Gasteiger charge is -2.21. The quantitative estimate of drug-likeness (QED) is 0.628. The molecule has 3 aromatic rings. The highest BCUT2D eigenvalue weighted by atomic mass is 32.1. The van der Waals surface area contributed by atoms with Crippen molar-refractivity contribution in [3.63, 3.8) is 0 Å². The molecule has 0 fully saturated rings. The molecule has 1 aliphatic rings. The van der Waals surface area contributed by atoms with Gasteiger partial charge in [0.15, 0.2) is 0 Å². The van der Waals surface area contributed by atoms with Crippen LogP contribution in [0.2, 0.25) is 0 Å². The number of carbonyl (C=O) groups excluding carboxylic acids is 2. The number of aryl methyl sites for hydroxylation is 2. The minimum atomic E-state index is -0.295. The molecule has 0 bridgehead atoms. The summed E-state index contributed by atoms with van der Waals surface area (Å²) in [5.41, 5.74) is 4.41. The Bertz CT molecular complexity index is 1250. The maximum absolute atomic E-state index is 13.2. The van der Waals surface area contributed by atoms with Gasteiger partial charge in [-0.05, 0) is 47.9 Å². The van der Waals surface area contributed by atoms with Gasteiger partial charge in [0.1, 0.15) is 11.3 Å². The Hall–Kier alpha value is -3.39. The van der Waals surface area contributed by atoms with Gasteiger partial charge in [-0.1, -0.05) is 17.7 Å². The van der Waals surface area contributed by atoms with Crippen molar-refractivity contribution in [3.05, 3.63) is 85.0 Å². The van der Waals surface area contributed by atoms with E-state index in [1.54, 1.807) is 20.8 Å². The summed E-state index contributed by atoms with van der Waals surface area (Å²) < 4.78 is 7.00. The molecule has 4 rings (SSSR count). The Morgan fingerprint density at radius 1 is 1.12 bits per heavy atom. The zero-order chi connectivity index (χ0) is 23.5. The lowest BCUT2D eigenvalue weighted by molar-refractivity contribution is 0.0758. The van der Waals surface area contributed by atoms with E-state index in [9.17, 15) is 14.4 Å². The fourth-order valence-electron chi connectivity index (χ4n) is 4.25. The molecule has 0 saturated heterocycles. The third kappa shape index (κ3) is 4.71. The van der Waals surface area contributed by atoms with E-state index >= 15 is 0 Å². The fraction of sp³-hybridized carbons (Fsp3) is 0.320. The maximum atomic E-state index is 13.2. The molecule has 1 N–H and O–H groups in total. The van der Waals surface area contributed by atoms with E-state index in [-0.39, 0.29) is 23.1 Å². The minimum Gasteiger partial charge on any atom is -0.496 e. The molecule has 1 aromatic carbocycles. The van der Waals surface area contributed by atoms with Crippen molar-refractivity contribution in [3.8, 4) is 5.75 Å². The van der Waals surface area contributed by atoms with Crippen LogP contribution in [-0.2, 0) is 19.5 Å². The lowest BCUT2D eigenvalue weighted by atomic mass is 10.0. The van der Waals surface area contributed by atoms with Gasteiger partial charge >= 0.3 is 0 Å². The molecule has 0 aliphatic carbocycles. The van der Waals surface area contributed by atoms with Crippen molar-refractivity contribution in [2.75, 3.05) is 20.2 Å². The zero-order valence-electron chi connectivity index (χ0n) is 19.0. The molecule has 172 valence electrons. The van der Waals surface area contributed by atoms with Gasteiger partial charge in [0.05, 0.1) is 7.11 Å². The molecule has 1 aliphatic heterocycles. The number of ether oxygens (including phenoxy) is 1. The zero-order valence-corrected chi connectivity index (χ0v) is 19.8. The fourth-order valence-corrected chi connectivity index (χ4v) is 4.91. The van der Waals surface area contributed by atoms with Crippen LogP contribution in [0.5, 0.6) is 5.75 Å². The normalized spacial score (nSPS) is 13.2. The number of pyridine rings is 1.